The summed E-state index contributed by atoms with van der Waals surface area (Å²) in [6.45, 7) is 6.71. The van der Waals surface area contributed by atoms with Crippen LogP contribution >= 0.6 is 0 Å². The second-order valence-electron chi connectivity index (χ2n) is 8.68. The van der Waals surface area contributed by atoms with Crippen LogP contribution in [0.2, 0.25) is 0 Å². The summed E-state index contributed by atoms with van der Waals surface area (Å²) < 4.78 is 12.0. The molecule has 3 atom stereocenters. The van der Waals surface area contributed by atoms with Crippen LogP contribution < -0.4 is 0 Å². The molecule has 4 aliphatic rings. The van der Waals surface area contributed by atoms with Gasteiger partial charge in [0.15, 0.2) is 5.79 Å². The lowest BCUT2D eigenvalue weighted by Crippen LogP contribution is -2.58. The van der Waals surface area contributed by atoms with Gasteiger partial charge >= 0.3 is 0 Å². The Morgan fingerprint density at radius 2 is 1.78 bits per heavy atom. The molecule has 3 aliphatic carbocycles. The number of aliphatic hydroxyl groups excluding tert-OH is 1. The zero-order chi connectivity index (χ0) is 16.1. The van der Waals surface area contributed by atoms with Gasteiger partial charge in [0.25, 0.3) is 0 Å². The highest BCUT2D eigenvalue weighted by Crippen LogP contribution is 2.68. The first-order chi connectivity index (χ1) is 11.1. The fourth-order valence-corrected chi connectivity index (χ4v) is 6.78. The van der Waals surface area contributed by atoms with Gasteiger partial charge in [-0.3, -0.25) is 0 Å². The molecular formula is C20H32O3. The largest absolute Gasteiger partial charge is 0.396 e. The van der Waals surface area contributed by atoms with E-state index in [2.05, 4.69) is 19.9 Å². The standard InChI is InChI=1S/C20H32O3/c1-15-4-3-7-18(2)17(15)6-5-16(14-21)19(18)8-10-20(11-9-19)22-12-13-23-20/h4,16-17,21H,3,5-14H2,1-2H3/t16-,17-,18-/m0/s1. The van der Waals surface area contributed by atoms with Crippen molar-refractivity contribution in [3.05, 3.63) is 11.6 Å². The van der Waals surface area contributed by atoms with Crippen molar-refractivity contribution in [3.8, 4) is 0 Å². The molecule has 0 amide bonds. The molecule has 3 heteroatoms. The number of ether oxygens (including phenoxy) is 2. The van der Waals surface area contributed by atoms with E-state index < -0.39 is 0 Å². The van der Waals surface area contributed by atoms with Crippen molar-refractivity contribution in [2.24, 2.45) is 22.7 Å². The van der Waals surface area contributed by atoms with Crippen molar-refractivity contribution >= 4 is 0 Å². The molecule has 0 aromatic rings. The lowest BCUT2D eigenvalue weighted by Gasteiger charge is -2.64. The third kappa shape index (κ3) is 2.19. The summed E-state index contributed by atoms with van der Waals surface area (Å²) in [5.74, 6) is 0.862. The van der Waals surface area contributed by atoms with Crippen LogP contribution in [0.1, 0.15) is 65.2 Å². The molecule has 0 bridgehead atoms. The summed E-state index contributed by atoms with van der Waals surface area (Å²) in [7, 11) is 0. The van der Waals surface area contributed by atoms with Crippen molar-refractivity contribution < 1.29 is 14.6 Å². The minimum atomic E-state index is -0.298. The molecule has 0 aromatic carbocycles. The Balaban J connectivity index is 1.67. The normalized spacial score (nSPS) is 41.8. The summed E-state index contributed by atoms with van der Waals surface area (Å²) in [6, 6.07) is 0. The molecule has 2 spiro atoms. The first kappa shape index (κ1) is 16.1. The maximum atomic E-state index is 10.2. The van der Waals surface area contributed by atoms with Crippen molar-refractivity contribution in [2.45, 2.75) is 71.0 Å². The Morgan fingerprint density at radius 3 is 2.43 bits per heavy atom. The van der Waals surface area contributed by atoms with Gasteiger partial charge in [-0.2, -0.15) is 0 Å². The van der Waals surface area contributed by atoms with E-state index in [0.29, 0.717) is 23.9 Å². The monoisotopic (exact) mass is 320 g/mol. The second-order valence-corrected chi connectivity index (χ2v) is 8.68. The first-order valence-corrected chi connectivity index (χ1v) is 9.61. The van der Waals surface area contributed by atoms with Gasteiger partial charge in [0.2, 0.25) is 0 Å². The highest BCUT2D eigenvalue weighted by atomic mass is 16.7. The fraction of sp³-hybridized carbons (Fsp3) is 0.900. The summed E-state index contributed by atoms with van der Waals surface area (Å²) >= 11 is 0. The Kier molecular flexibility index (Phi) is 3.90. The smallest absolute Gasteiger partial charge is 0.168 e. The van der Waals surface area contributed by atoms with Crippen LogP contribution in [-0.2, 0) is 9.47 Å². The minimum Gasteiger partial charge on any atom is -0.396 e. The Hall–Kier alpha value is -0.380. The molecule has 0 unspecified atom stereocenters. The number of aliphatic hydroxyl groups is 1. The molecule has 1 N–H and O–H groups in total. The van der Waals surface area contributed by atoms with Crippen molar-refractivity contribution in [1.82, 2.24) is 0 Å². The molecule has 23 heavy (non-hydrogen) atoms. The quantitative estimate of drug-likeness (QED) is 0.741. The Morgan fingerprint density at radius 1 is 1.09 bits per heavy atom. The van der Waals surface area contributed by atoms with Gasteiger partial charge in [0.1, 0.15) is 0 Å². The van der Waals surface area contributed by atoms with Gasteiger partial charge in [-0.1, -0.05) is 18.6 Å². The van der Waals surface area contributed by atoms with E-state index in [1.54, 1.807) is 5.57 Å². The molecule has 4 rings (SSSR count). The van der Waals surface area contributed by atoms with Crippen LogP contribution in [0.25, 0.3) is 0 Å². The van der Waals surface area contributed by atoms with Gasteiger partial charge in [-0.15, -0.1) is 0 Å². The van der Waals surface area contributed by atoms with Crippen LogP contribution in [0.4, 0.5) is 0 Å². The predicted octanol–water partition coefficient (Wildman–Crippen LogP) is 4.05. The zero-order valence-corrected chi connectivity index (χ0v) is 14.8. The maximum absolute atomic E-state index is 10.2. The molecule has 3 fully saturated rings. The van der Waals surface area contributed by atoms with Crippen molar-refractivity contribution in [2.75, 3.05) is 19.8 Å². The third-order valence-corrected chi connectivity index (χ3v) is 8.11. The summed E-state index contributed by atoms with van der Waals surface area (Å²) in [6.07, 6.45) is 11.7. The fourth-order valence-electron chi connectivity index (χ4n) is 6.78. The molecule has 1 saturated heterocycles. The van der Waals surface area contributed by atoms with Crippen LogP contribution in [-0.4, -0.2) is 30.7 Å². The number of fused-ring (bicyclic) bond motifs is 2. The number of hydrogen-bond donors (Lipinski definition) is 1. The molecule has 0 radical (unpaired) electrons. The molecular weight excluding hydrogens is 288 g/mol. The van der Waals surface area contributed by atoms with E-state index in [4.69, 9.17) is 9.47 Å². The molecule has 130 valence electrons. The highest BCUT2D eigenvalue weighted by Gasteiger charge is 2.61. The first-order valence-electron chi connectivity index (χ1n) is 9.61. The molecule has 1 heterocycles. The van der Waals surface area contributed by atoms with E-state index in [0.717, 1.165) is 38.9 Å². The molecule has 1 aliphatic heterocycles. The summed E-state index contributed by atoms with van der Waals surface area (Å²) in [5, 5.41) is 10.2. The lowest BCUT2D eigenvalue weighted by molar-refractivity contribution is -0.227. The molecule has 2 saturated carbocycles. The van der Waals surface area contributed by atoms with E-state index in [1.807, 2.05) is 0 Å². The Labute approximate surface area is 140 Å². The van der Waals surface area contributed by atoms with Crippen LogP contribution in [0.5, 0.6) is 0 Å². The Bertz CT molecular complexity index is 481. The average Bonchev–Trinajstić information content (AvgIpc) is 3.00. The topological polar surface area (TPSA) is 38.7 Å². The number of allylic oxidation sites excluding steroid dienone is 2. The maximum Gasteiger partial charge on any atom is 0.168 e. The van der Waals surface area contributed by atoms with E-state index in [1.165, 1.54) is 25.7 Å². The van der Waals surface area contributed by atoms with Gasteiger partial charge in [-0.05, 0) is 68.1 Å². The van der Waals surface area contributed by atoms with Crippen molar-refractivity contribution in [3.63, 3.8) is 0 Å². The third-order valence-electron chi connectivity index (χ3n) is 8.11. The lowest BCUT2D eigenvalue weighted by atomic mass is 9.41. The molecule has 3 nitrogen and oxygen atoms in total. The average molecular weight is 320 g/mol. The van der Waals surface area contributed by atoms with Crippen molar-refractivity contribution in [1.29, 1.82) is 0 Å². The highest BCUT2D eigenvalue weighted by molar-refractivity contribution is 5.20. The summed E-state index contributed by atoms with van der Waals surface area (Å²) in [4.78, 5) is 0. The number of rotatable bonds is 1. The van der Waals surface area contributed by atoms with E-state index in [9.17, 15) is 5.11 Å². The second kappa shape index (κ2) is 5.57. The van der Waals surface area contributed by atoms with Crippen LogP contribution in [0.3, 0.4) is 0 Å². The van der Waals surface area contributed by atoms with Crippen LogP contribution in [0.15, 0.2) is 11.6 Å². The summed E-state index contributed by atoms with van der Waals surface area (Å²) in [5.41, 5.74) is 2.20. The van der Waals surface area contributed by atoms with E-state index >= 15 is 0 Å². The SMILES string of the molecule is CC1=CCC[C@@]2(C)[C@H]1CC[C@@H](CO)C21CCC2(CC1)OCCO2. The van der Waals surface area contributed by atoms with Gasteiger partial charge < -0.3 is 14.6 Å². The minimum absolute atomic E-state index is 0.265. The van der Waals surface area contributed by atoms with Gasteiger partial charge in [0.05, 0.1) is 13.2 Å². The van der Waals surface area contributed by atoms with Gasteiger partial charge in [-0.25, -0.2) is 0 Å². The van der Waals surface area contributed by atoms with Crippen LogP contribution in [0, 0.1) is 22.7 Å². The molecule has 0 aromatic heterocycles. The predicted molar refractivity (Wildman–Crippen MR) is 89.9 cm³/mol. The van der Waals surface area contributed by atoms with E-state index in [-0.39, 0.29) is 11.2 Å². The number of hydrogen-bond acceptors (Lipinski definition) is 3. The zero-order valence-electron chi connectivity index (χ0n) is 14.8. The van der Waals surface area contributed by atoms with Gasteiger partial charge in [0, 0.05) is 19.4 Å².